The lowest BCUT2D eigenvalue weighted by Crippen LogP contribution is -2.36. The molecule has 4 heteroatoms. The molecule has 1 saturated heterocycles. The number of likely N-dealkylation sites (tertiary alicyclic amines) is 1. The Kier molecular flexibility index (Phi) is 3.92. The van der Waals surface area contributed by atoms with E-state index < -0.39 is 0 Å². The smallest absolute Gasteiger partial charge is 0.236 e. The molecule has 3 rings (SSSR count). The lowest BCUT2D eigenvalue weighted by molar-refractivity contribution is -0.129. The molecule has 1 aliphatic rings. The number of amides is 1. The predicted molar refractivity (Wildman–Crippen MR) is 79.3 cm³/mol. The van der Waals surface area contributed by atoms with Crippen LogP contribution in [0.1, 0.15) is 18.5 Å². The van der Waals surface area contributed by atoms with Crippen molar-refractivity contribution in [3.8, 4) is 0 Å². The number of fused-ring (bicyclic) bond motifs is 1. The van der Waals surface area contributed by atoms with Crippen LogP contribution in [0.2, 0.25) is 0 Å². The van der Waals surface area contributed by atoms with Gasteiger partial charge in [0.2, 0.25) is 5.91 Å². The van der Waals surface area contributed by atoms with Crippen molar-refractivity contribution in [3.05, 3.63) is 42.1 Å². The van der Waals surface area contributed by atoms with E-state index in [4.69, 9.17) is 0 Å². The molecule has 0 bridgehead atoms. The van der Waals surface area contributed by atoms with Crippen molar-refractivity contribution in [2.45, 2.75) is 19.4 Å². The van der Waals surface area contributed by atoms with Crippen molar-refractivity contribution < 1.29 is 4.79 Å². The number of pyridine rings is 1. The van der Waals surface area contributed by atoms with Crippen molar-refractivity contribution in [2.24, 2.45) is 0 Å². The average molecular weight is 269 g/mol. The molecule has 0 unspecified atom stereocenters. The first-order chi connectivity index (χ1) is 9.83. The van der Waals surface area contributed by atoms with Crippen LogP contribution in [0.3, 0.4) is 0 Å². The second kappa shape index (κ2) is 6.01. The van der Waals surface area contributed by atoms with E-state index in [0.29, 0.717) is 13.1 Å². The van der Waals surface area contributed by atoms with Gasteiger partial charge in [-0.25, -0.2) is 0 Å². The third-order valence-corrected chi connectivity index (χ3v) is 3.70. The summed E-state index contributed by atoms with van der Waals surface area (Å²) < 4.78 is 0. The van der Waals surface area contributed by atoms with Gasteiger partial charge in [0.05, 0.1) is 17.8 Å². The van der Waals surface area contributed by atoms with Gasteiger partial charge in [-0.15, -0.1) is 0 Å². The molecule has 2 aromatic rings. The summed E-state index contributed by atoms with van der Waals surface area (Å²) in [7, 11) is 0. The van der Waals surface area contributed by atoms with Gasteiger partial charge in [0.15, 0.2) is 0 Å². The number of aromatic nitrogens is 1. The summed E-state index contributed by atoms with van der Waals surface area (Å²) in [6, 6.07) is 12.1. The van der Waals surface area contributed by atoms with Crippen LogP contribution in [0.5, 0.6) is 0 Å². The van der Waals surface area contributed by atoms with Gasteiger partial charge >= 0.3 is 0 Å². The number of nitrogens with zero attached hydrogens (tertiary/aromatic N) is 2. The third-order valence-electron chi connectivity index (χ3n) is 3.70. The van der Waals surface area contributed by atoms with Gasteiger partial charge in [0.25, 0.3) is 0 Å². The first kappa shape index (κ1) is 13.1. The highest BCUT2D eigenvalue weighted by Gasteiger charge is 2.16. The summed E-state index contributed by atoms with van der Waals surface area (Å²) >= 11 is 0. The van der Waals surface area contributed by atoms with Crippen LogP contribution in [0.25, 0.3) is 10.9 Å². The van der Waals surface area contributed by atoms with E-state index in [0.717, 1.165) is 42.5 Å². The molecule has 1 aromatic carbocycles. The molecule has 0 spiro atoms. The van der Waals surface area contributed by atoms with Gasteiger partial charge in [-0.1, -0.05) is 24.3 Å². The number of carbonyl (C=O) groups is 1. The Morgan fingerprint density at radius 3 is 2.80 bits per heavy atom. The molecule has 1 aromatic heterocycles. The second-order valence-corrected chi connectivity index (χ2v) is 5.19. The zero-order valence-corrected chi connectivity index (χ0v) is 11.5. The molecule has 1 fully saturated rings. The van der Waals surface area contributed by atoms with Crippen molar-refractivity contribution >= 4 is 16.8 Å². The van der Waals surface area contributed by atoms with Gasteiger partial charge in [-0.3, -0.25) is 9.78 Å². The molecule has 0 radical (unpaired) electrons. The molecule has 1 N–H and O–H groups in total. The van der Waals surface area contributed by atoms with Gasteiger partial charge in [-0.05, 0) is 25.0 Å². The van der Waals surface area contributed by atoms with Crippen LogP contribution in [-0.4, -0.2) is 35.4 Å². The van der Waals surface area contributed by atoms with Crippen molar-refractivity contribution in [3.63, 3.8) is 0 Å². The van der Waals surface area contributed by atoms with E-state index in [-0.39, 0.29) is 5.91 Å². The van der Waals surface area contributed by atoms with E-state index in [2.05, 4.69) is 22.4 Å². The quantitative estimate of drug-likeness (QED) is 0.922. The van der Waals surface area contributed by atoms with Crippen LogP contribution in [0.4, 0.5) is 0 Å². The summed E-state index contributed by atoms with van der Waals surface area (Å²) in [5.41, 5.74) is 1.97. The molecule has 2 heterocycles. The minimum absolute atomic E-state index is 0.197. The van der Waals surface area contributed by atoms with Crippen LogP contribution in [0.15, 0.2) is 36.4 Å². The normalized spacial score (nSPS) is 14.9. The number of rotatable bonds is 4. The largest absolute Gasteiger partial charge is 0.342 e. The highest BCUT2D eigenvalue weighted by atomic mass is 16.2. The molecule has 1 amide bonds. The zero-order chi connectivity index (χ0) is 13.8. The van der Waals surface area contributed by atoms with Gasteiger partial charge < -0.3 is 10.2 Å². The number of para-hydroxylation sites is 1. The Balaban J connectivity index is 1.55. The predicted octanol–water partition coefficient (Wildman–Crippen LogP) is 1.95. The summed E-state index contributed by atoms with van der Waals surface area (Å²) in [5.74, 6) is 0.197. The van der Waals surface area contributed by atoms with E-state index in [1.165, 1.54) is 0 Å². The van der Waals surface area contributed by atoms with E-state index in [1.807, 2.05) is 29.2 Å². The van der Waals surface area contributed by atoms with E-state index >= 15 is 0 Å². The maximum atomic E-state index is 11.9. The fourth-order valence-corrected chi connectivity index (χ4v) is 2.58. The molecule has 0 atom stereocenters. The molecule has 4 nitrogen and oxygen atoms in total. The fraction of sp³-hybridized carbons (Fsp3) is 0.375. The van der Waals surface area contributed by atoms with Crippen LogP contribution in [0, 0.1) is 0 Å². The average Bonchev–Trinajstić information content (AvgIpc) is 3.01. The highest BCUT2D eigenvalue weighted by molar-refractivity contribution is 5.79. The van der Waals surface area contributed by atoms with Gasteiger partial charge in [0.1, 0.15) is 0 Å². The van der Waals surface area contributed by atoms with Crippen LogP contribution >= 0.6 is 0 Å². The molecule has 0 saturated carbocycles. The van der Waals surface area contributed by atoms with Crippen LogP contribution < -0.4 is 5.32 Å². The van der Waals surface area contributed by atoms with Crippen LogP contribution in [-0.2, 0) is 11.3 Å². The number of hydrogen-bond acceptors (Lipinski definition) is 3. The monoisotopic (exact) mass is 269 g/mol. The Morgan fingerprint density at radius 2 is 1.95 bits per heavy atom. The Bertz CT molecular complexity index is 605. The molecular weight excluding hydrogens is 250 g/mol. The summed E-state index contributed by atoms with van der Waals surface area (Å²) in [6.45, 7) is 2.85. The summed E-state index contributed by atoms with van der Waals surface area (Å²) in [5, 5.41) is 4.33. The second-order valence-electron chi connectivity index (χ2n) is 5.19. The zero-order valence-electron chi connectivity index (χ0n) is 11.5. The Hall–Kier alpha value is -1.94. The molecule has 1 aliphatic heterocycles. The summed E-state index contributed by atoms with van der Waals surface area (Å²) in [4.78, 5) is 18.4. The van der Waals surface area contributed by atoms with Crippen molar-refractivity contribution in [1.29, 1.82) is 0 Å². The maximum absolute atomic E-state index is 11.9. The molecular formula is C16H19N3O. The van der Waals surface area contributed by atoms with Crippen molar-refractivity contribution in [1.82, 2.24) is 15.2 Å². The number of benzene rings is 1. The van der Waals surface area contributed by atoms with E-state index in [1.54, 1.807) is 0 Å². The fourth-order valence-electron chi connectivity index (χ4n) is 2.58. The highest BCUT2D eigenvalue weighted by Crippen LogP contribution is 2.11. The molecule has 20 heavy (non-hydrogen) atoms. The molecule has 104 valence electrons. The lowest BCUT2D eigenvalue weighted by Gasteiger charge is -2.15. The lowest BCUT2D eigenvalue weighted by atomic mass is 10.2. The number of hydrogen-bond donors (Lipinski definition) is 1. The topological polar surface area (TPSA) is 45.2 Å². The Morgan fingerprint density at radius 1 is 1.15 bits per heavy atom. The summed E-state index contributed by atoms with van der Waals surface area (Å²) in [6.07, 6.45) is 2.27. The molecule has 0 aliphatic carbocycles. The first-order valence-corrected chi connectivity index (χ1v) is 7.16. The maximum Gasteiger partial charge on any atom is 0.236 e. The third kappa shape index (κ3) is 2.96. The standard InChI is InChI=1S/C16H19N3O/c20-16(19-9-3-4-10-19)12-17-11-14-8-7-13-5-1-2-6-15(13)18-14/h1-2,5-8,17H,3-4,9-12H2. The number of nitrogens with one attached hydrogen (secondary N) is 1. The van der Waals surface area contributed by atoms with Crippen molar-refractivity contribution in [2.75, 3.05) is 19.6 Å². The van der Waals surface area contributed by atoms with Gasteiger partial charge in [0, 0.05) is 25.0 Å². The van der Waals surface area contributed by atoms with Gasteiger partial charge in [-0.2, -0.15) is 0 Å². The number of carbonyl (C=O) groups excluding carboxylic acids is 1. The first-order valence-electron chi connectivity index (χ1n) is 7.16. The van der Waals surface area contributed by atoms with E-state index in [9.17, 15) is 4.79 Å². The minimum Gasteiger partial charge on any atom is -0.342 e. The Labute approximate surface area is 118 Å². The minimum atomic E-state index is 0.197. The SMILES string of the molecule is O=C(CNCc1ccc2ccccc2n1)N1CCCC1.